The van der Waals surface area contributed by atoms with Gasteiger partial charge < -0.3 is 14.6 Å². The summed E-state index contributed by atoms with van der Waals surface area (Å²) < 4.78 is 23.6. The van der Waals surface area contributed by atoms with E-state index in [-0.39, 0.29) is 13.2 Å². The van der Waals surface area contributed by atoms with Crippen LogP contribution in [0.4, 0.5) is 4.39 Å². The first kappa shape index (κ1) is 13.3. The minimum Gasteiger partial charge on any atom is -0.497 e. The minimum atomic E-state index is -0.408. The molecule has 0 unspecified atom stereocenters. The molecule has 0 saturated heterocycles. The van der Waals surface area contributed by atoms with E-state index < -0.39 is 5.82 Å². The van der Waals surface area contributed by atoms with Crippen molar-refractivity contribution < 1.29 is 19.0 Å². The average Bonchev–Trinajstić information content (AvgIpc) is 2.45. The molecule has 1 aromatic carbocycles. The van der Waals surface area contributed by atoms with E-state index in [9.17, 15) is 9.50 Å². The standard InChI is InChI=1S/C14H14FNO3/c1-18-13-3-2-11(8-17)14(5-13)19-9-10-4-12(15)7-16-6-10/h2-7,17H,8-9H2,1H3. The molecule has 1 N–H and O–H groups in total. The van der Waals surface area contributed by atoms with Crippen LogP contribution in [0.2, 0.25) is 0 Å². The van der Waals surface area contributed by atoms with E-state index in [0.29, 0.717) is 22.6 Å². The second kappa shape index (κ2) is 6.15. The van der Waals surface area contributed by atoms with Crippen LogP contribution in [0, 0.1) is 5.82 Å². The maximum atomic E-state index is 13.0. The van der Waals surface area contributed by atoms with Crippen molar-refractivity contribution in [3.63, 3.8) is 0 Å². The van der Waals surface area contributed by atoms with Crippen molar-refractivity contribution in [3.8, 4) is 11.5 Å². The largest absolute Gasteiger partial charge is 0.497 e. The molecule has 0 aliphatic heterocycles. The zero-order valence-electron chi connectivity index (χ0n) is 10.5. The van der Waals surface area contributed by atoms with Crippen LogP contribution in [0.3, 0.4) is 0 Å². The summed E-state index contributed by atoms with van der Waals surface area (Å²) in [5, 5.41) is 9.23. The number of hydrogen-bond donors (Lipinski definition) is 1. The Bertz CT molecular complexity index is 560. The van der Waals surface area contributed by atoms with E-state index in [1.807, 2.05) is 0 Å². The highest BCUT2D eigenvalue weighted by atomic mass is 19.1. The molecule has 0 aliphatic rings. The predicted octanol–water partition coefficient (Wildman–Crippen LogP) is 2.30. The number of ether oxygens (including phenoxy) is 2. The van der Waals surface area contributed by atoms with Crippen molar-refractivity contribution in [2.75, 3.05) is 7.11 Å². The first-order valence-corrected chi connectivity index (χ1v) is 5.73. The summed E-state index contributed by atoms with van der Waals surface area (Å²) in [5.74, 6) is 0.727. The van der Waals surface area contributed by atoms with E-state index in [0.717, 1.165) is 6.20 Å². The molecule has 5 heteroatoms. The summed E-state index contributed by atoms with van der Waals surface area (Å²) in [6, 6.07) is 6.49. The second-order valence-corrected chi connectivity index (χ2v) is 3.93. The zero-order chi connectivity index (χ0) is 13.7. The van der Waals surface area contributed by atoms with E-state index in [1.165, 1.54) is 12.3 Å². The van der Waals surface area contributed by atoms with Crippen LogP contribution >= 0.6 is 0 Å². The fraction of sp³-hybridized carbons (Fsp3) is 0.214. The van der Waals surface area contributed by atoms with Crippen LogP contribution in [0.25, 0.3) is 0 Å². The maximum absolute atomic E-state index is 13.0. The number of nitrogens with zero attached hydrogens (tertiary/aromatic N) is 1. The smallest absolute Gasteiger partial charge is 0.141 e. The van der Waals surface area contributed by atoms with Gasteiger partial charge in [-0.15, -0.1) is 0 Å². The Morgan fingerprint density at radius 2 is 2.11 bits per heavy atom. The number of aliphatic hydroxyl groups is 1. The highest BCUT2D eigenvalue weighted by molar-refractivity contribution is 5.40. The van der Waals surface area contributed by atoms with Crippen LogP contribution in [0.15, 0.2) is 36.7 Å². The number of benzene rings is 1. The van der Waals surface area contributed by atoms with Crippen LogP contribution in [-0.2, 0) is 13.2 Å². The van der Waals surface area contributed by atoms with E-state index >= 15 is 0 Å². The molecule has 19 heavy (non-hydrogen) atoms. The van der Waals surface area contributed by atoms with Gasteiger partial charge in [-0.2, -0.15) is 0 Å². The van der Waals surface area contributed by atoms with E-state index in [4.69, 9.17) is 9.47 Å². The average molecular weight is 263 g/mol. The Labute approximate surface area is 110 Å². The summed E-state index contributed by atoms with van der Waals surface area (Å²) in [6.45, 7) is 0.0334. The highest BCUT2D eigenvalue weighted by Gasteiger charge is 2.06. The molecule has 0 saturated carbocycles. The van der Waals surface area contributed by atoms with Gasteiger partial charge in [0.15, 0.2) is 0 Å². The van der Waals surface area contributed by atoms with Gasteiger partial charge in [-0.3, -0.25) is 4.98 Å². The number of aromatic nitrogens is 1. The topological polar surface area (TPSA) is 51.6 Å². The Hall–Kier alpha value is -2.14. The highest BCUT2D eigenvalue weighted by Crippen LogP contribution is 2.25. The molecule has 2 rings (SSSR count). The molecular weight excluding hydrogens is 249 g/mol. The number of methoxy groups -OCH3 is 1. The van der Waals surface area contributed by atoms with Crippen molar-refractivity contribution in [1.29, 1.82) is 0 Å². The van der Waals surface area contributed by atoms with Crippen molar-refractivity contribution >= 4 is 0 Å². The molecule has 0 fully saturated rings. The lowest BCUT2D eigenvalue weighted by Gasteiger charge is -2.11. The number of halogens is 1. The fourth-order valence-electron chi connectivity index (χ4n) is 1.62. The molecule has 0 bridgehead atoms. The SMILES string of the molecule is COc1ccc(CO)c(OCc2cncc(F)c2)c1. The van der Waals surface area contributed by atoms with Gasteiger partial charge in [-0.05, 0) is 18.2 Å². The lowest BCUT2D eigenvalue weighted by molar-refractivity contribution is 0.257. The van der Waals surface area contributed by atoms with E-state index in [1.54, 1.807) is 25.3 Å². The van der Waals surface area contributed by atoms with Gasteiger partial charge in [0.25, 0.3) is 0 Å². The molecule has 1 aromatic heterocycles. The molecule has 0 aliphatic carbocycles. The summed E-state index contributed by atoms with van der Waals surface area (Å²) in [7, 11) is 1.55. The van der Waals surface area contributed by atoms with Crippen molar-refractivity contribution in [2.45, 2.75) is 13.2 Å². The lowest BCUT2D eigenvalue weighted by Crippen LogP contribution is -2.00. The van der Waals surface area contributed by atoms with Crippen molar-refractivity contribution in [1.82, 2.24) is 4.98 Å². The molecule has 0 amide bonds. The third-order valence-corrected chi connectivity index (χ3v) is 2.60. The molecule has 2 aromatic rings. The van der Waals surface area contributed by atoms with Gasteiger partial charge in [-0.1, -0.05) is 0 Å². The molecule has 0 atom stereocenters. The third kappa shape index (κ3) is 3.42. The number of aliphatic hydroxyl groups excluding tert-OH is 1. The Morgan fingerprint density at radius 3 is 2.79 bits per heavy atom. The van der Waals surface area contributed by atoms with Gasteiger partial charge in [0.2, 0.25) is 0 Å². The quantitative estimate of drug-likeness (QED) is 0.899. The first-order chi connectivity index (χ1) is 9.22. The number of hydrogen-bond acceptors (Lipinski definition) is 4. The molecular formula is C14H14FNO3. The molecule has 100 valence electrons. The monoisotopic (exact) mass is 263 g/mol. The van der Waals surface area contributed by atoms with Crippen molar-refractivity contribution in [2.24, 2.45) is 0 Å². The normalized spacial score (nSPS) is 10.3. The summed E-state index contributed by atoms with van der Waals surface area (Å²) in [5.41, 5.74) is 1.26. The summed E-state index contributed by atoms with van der Waals surface area (Å²) in [4.78, 5) is 3.74. The fourth-order valence-corrected chi connectivity index (χ4v) is 1.62. The van der Waals surface area contributed by atoms with Gasteiger partial charge in [0.05, 0.1) is 19.9 Å². The first-order valence-electron chi connectivity index (χ1n) is 5.73. The molecule has 0 spiro atoms. The van der Waals surface area contributed by atoms with Gasteiger partial charge in [0.1, 0.15) is 23.9 Å². The van der Waals surface area contributed by atoms with Gasteiger partial charge in [-0.25, -0.2) is 4.39 Å². The minimum absolute atomic E-state index is 0.138. The second-order valence-electron chi connectivity index (χ2n) is 3.93. The summed E-state index contributed by atoms with van der Waals surface area (Å²) >= 11 is 0. The molecule has 1 heterocycles. The van der Waals surface area contributed by atoms with Crippen LogP contribution in [0.5, 0.6) is 11.5 Å². The van der Waals surface area contributed by atoms with Gasteiger partial charge >= 0.3 is 0 Å². The Kier molecular flexibility index (Phi) is 4.30. The lowest BCUT2D eigenvalue weighted by atomic mass is 10.2. The zero-order valence-corrected chi connectivity index (χ0v) is 10.5. The van der Waals surface area contributed by atoms with E-state index in [2.05, 4.69) is 4.98 Å². The summed E-state index contributed by atoms with van der Waals surface area (Å²) in [6.07, 6.45) is 2.66. The Balaban J connectivity index is 2.14. The van der Waals surface area contributed by atoms with Crippen LogP contribution in [0.1, 0.15) is 11.1 Å². The predicted molar refractivity (Wildman–Crippen MR) is 67.4 cm³/mol. The maximum Gasteiger partial charge on any atom is 0.141 e. The Morgan fingerprint density at radius 1 is 1.26 bits per heavy atom. The third-order valence-electron chi connectivity index (χ3n) is 2.60. The van der Waals surface area contributed by atoms with Gasteiger partial charge in [0, 0.05) is 23.4 Å². The van der Waals surface area contributed by atoms with Crippen LogP contribution in [-0.4, -0.2) is 17.2 Å². The van der Waals surface area contributed by atoms with Crippen molar-refractivity contribution in [3.05, 3.63) is 53.6 Å². The number of pyridine rings is 1. The number of rotatable bonds is 5. The molecule has 4 nitrogen and oxygen atoms in total. The molecule has 0 radical (unpaired) electrons. The van der Waals surface area contributed by atoms with Crippen LogP contribution < -0.4 is 9.47 Å².